The van der Waals surface area contributed by atoms with Gasteiger partial charge in [-0.25, -0.2) is 0 Å². The van der Waals surface area contributed by atoms with Crippen molar-refractivity contribution < 1.29 is 15.3 Å². The molecule has 6 N–H and O–H groups in total. The van der Waals surface area contributed by atoms with E-state index in [0.717, 1.165) is 55.8 Å². The first-order valence-corrected chi connectivity index (χ1v) is 18.7. The van der Waals surface area contributed by atoms with Crippen LogP contribution in [0.25, 0.3) is 32.7 Å². The minimum absolute atomic E-state index is 0.353. The zero-order valence-corrected chi connectivity index (χ0v) is 30.3. The van der Waals surface area contributed by atoms with Gasteiger partial charge >= 0.3 is 0 Å². The number of hydrogen-bond acceptors (Lipinski definition) is 6. The molecular formula is C42H54N6O3. The number of nitrogens with zero attached hydrogens (tertiary/aromatic N) is 3. The molecule has 3 aliphatic rings. The Bertz CT molecular complexity index is 1800. The Labute approximate surface area is 300 Å². The second kappa shape index (κ2) is 15.4. The van der Waals surface area contributed by atoms with Gasteiger partial charge in [-0.05, 0) is 188 Å². The van der Waals surface area contributed by atoms with Crippen LogP contribution in [0.5, 0.6) is 17.2 Å². The number of hydrogen-bond donors (Lipinski definition) is 6. The van der Waals surface area contributed by atoms with Gasteiger partial charge in [0.2, 0.25) is 0 Å². The number of piperidine rings is 3. The van der Waals surface area contributed by atoms with Gasteiger partial charge in [-0.2, -0.15) is 0 Å². The minimum Gasteiger partial charge on any atom is -0.508 e. The maximum absolute atomic E-state index is 9.59. The molecule has 3 saturated heterocycles. The summed E-state index contributed by atoms with van der Waals surface area (Å²) in [5, 5.41) is 32.3. The molecule has 0 radical (unpaired) electrons. The van der Waals surface area contributed by atoms with E-state index in [1.54, 1.807) is 18.2 Å². The van der Waals surface area contributed by atoms with Gasteiger partial charge in [0.05, 0.1) is 0 Å². The lowest BCUT2D eigenvalue weighted by Gasteiger charge is -2.28. The van der Waals surface area contributed by atoms with Crippen LogP contribution in [0.4, 0.5) is 0 Å². The number of fused-ring (bicyclic) bond motifs is 3. The highest BCUT2D eigenvalue weighted by Gasteiger charge is 2.23. The van der Waals surface area contributed by atoms with Crippen molar-refractivity contribution in [2.45, 2.75) is 56.3 Å². The normalized spacial score (nSPS) is 18.9. The van der Waals surface area contributed by atoms with E-state index in [0.29, 0.717) is 35.0 Å². The Hall–Kier alpha value is -4.44. The van der Waals surface area contributed by atoms with Crippen molar-refractivity contribution in [2.24, 2.45) is 0 Å². The van der Waals surface area contributed by atoms with Gasteiger partial charge in [0.15, 0.2) is 0 Å². The van der Waals surface area contributed by atoms with Crippen molar-refractivity contribution in [3.05, 3.63) is 89.9 Å². The lowest BCUT2D eigenvalue weighted by molar-refractivity contribution is 0.256. The third kappa shape index (κ3) is 8.06. The summed E-state index contributed by atoms with van der Waals surface area (Å²) in [6, 6.07) is 16.7. The molecule has 3 aliphatic heterocycles. The Morgan fingerprint density at radius 3 is 0.941 bits per heavy atom. The van der Waals surface area contributed by atoms with Crippen LogP contribution in [0.2, 0.25) is 0 Å². The van der Waals surface area contributed by atoms with E-state index in [-0.39, 0.29) is 0 Å². The third-order valence-electron chi connectivity index (χ3n) is 11.6. The van der Waals surface area contributed by atoms with Crippen LogP contribution < -0.4 is 0 Å². The van der Waals surface area contributed by atoms with Crippen LogP contribution in [-0.2, 0) is 0 Å². The first kappa shape index (κ1) is 35.0. The summed E-state index contributed by atoms with van der Waals surface area (Å²) in [7, 11) is 6.53. The molecule has 0 spiro atoms. The standard InChI is InChI=1S/3C14H18N2O/c3*1-16-6-4-10(5-7-16)13-9-15-14-3-2-11(17)8-12(13)14/h3*2-3,8-10,15,17H,4-7H2,1H3. The van der Waals surface area contributed by atoms with E-state index in [1.165, 1.54) is 71.4 Å². The number of benzene rings is 3. The number of H-pyrrole nitrogens is 3. The summed E-state index contributed by atoms with van der Waals surface area (Å²) in [6.07, 6.45) is 13.6. The number of aromatic nitrogens is 3. The maximum atomic E-state index is 9.59. The molecule has 0 bridgehead atoms. The lowest BCUT2D eigenvalue weighted by atomic mass is 9.89. The number of phenolic OH excluding ortho intramolecular Hbond substituents is 3. The second-order valence-corrected chi connectivity index (χ2v) is 15.2. The fourth-order valence-electron chi connectivity index (χ4n) is 8.36. The Morgan fingerprint density at radius 2 is 0.686 bits per heavy atom. The van der Waals surface area contributed by atoms with Gasteiger partial charge in [-0.1, -0.05) is 0 Å². The van der Waals surface area contributed by atoms with Gasteiger partial charge < -0.3 is 45.0 Å². The molecule has 3 aromatic heterocycles. The second-order valence-electron chi connectivity index (χ2n) is 15.2. The first-order valence-electron chi connectivity index (χ1n) is 18.7. The zero-order valence-electron chi connectivity index (χ0n) is 30.3. The fourth-order valence-corrected chi connectivity index (χ4v) is 8.36. The number of nitrogens with one attached hydrogen (secondary N) is 3. The van der Waals surface area contributed by atoms with Crippen molar-refractivity contribution in [1.82, 2.24) is 29.7 Å². The monoisotopic (exact) mass is 690 g/mol. The summed E-state index contributed by atoms with van der Waals surface area (Å²) in [5.41, 5.74) is 7.46. The number of rotatable bonds is 3. The van der Waals surface area contributed by atoms with E-state index in [9.17, 15) is 15.3 Å². The van der Waals surface area contributed by atoms with Crippen LogP contribution in [0.3, 0.4) is 0 Å². The molecule has 51 heavy (non-hydrogen) atoms. The van der Waals surface area contributed by atoms with Crippen LogP contribution in [0.15, 0.2) is 73.2 Å². The zero-order chi connectivity index (χ0) is 35.5. The van der Waals surface area contributed by atoms with E-state index in [1.807, 2.05) is 36.4 Å². The predicted molar refractivity (Wildman–Crippen MR) is 208 cm³/mol. The molecule has 9 rings (SSSR count). The van der Waals surface area contributed by atoms with Gasteiger partial charge in [0, 0.05) is 51.3 Å². The van der Waals surface area contributed by atoms with Crippen molar-refractivity contribution in [1.29, 1.82) is 0 Å². The van der Waals surface area contributed by atoms with E-state index >= 15 is 0 Å². The number of aromatic amines is 3. The van der Waals surface area contributed by atoms with E-state index in [4.69, 9.17) is 0 Å². The smallest absolute Gasteiger partial charge is 0.116 e. The topological polar surface area (TPSA) is 118 Å². The molecule has 9 heteroatoms. The van der Waals surface area contributed by atoms with Crippen molar-refractivity contribution in [2.75, 3.05) is 60.4 Å². The molecule has 270 valence electrons. The Kier molecular flexibility index (Phi) is 10.6. The van der Waals surface area contributed by atoms with Crippen LogP contribution in [0.1, 0.15) is 73.0 Å². The average molecular weight is 691 g/mol. The van der Waals surface area contributed by atoms with Crippen molar-refractivity contribution >= 4 is 32.7 Å². The summed E-state index contributed by atoms with van der Waals surface area (Å²) in [4.78, 5) is 17.0. The van der Waals surface area contributed by atoms with Gasteiger partial charge in [-0.3, -0.25) is 0 Å². The molecule has 0 atom stereocenters. The average Bonchev–Trinajstić information content (AvgIpc) is 3.87. The largest absolute Gasteiger partial charge is 0.508 e. The molecule has 0 unspecified atom stereocenters. The van der Waals surface area contributed by atoms with Crippen LogP contribution in [0, 0.1) is 0 Å². The molecule has 0 amide bonds. The summed E-state index contributed by atoms with van der Waals surface area (Å²) >= 11 is 0. The molecule has 9 nitrogen and oxygen atoms in total. The highest BCUT2D eigenvalue weighted by molar-refractivity contribution is 5.86. The molecule has 0 saturated carbocycles. The number of likely N-dealkylation sites (tertiary alicyclic amines) is 3. The molecule has 0 aliphatic carbocycles. The quantitative estimate of drug-likeness (QED) is 0.112. The van der Waals surface area contributed by atoms with Crippen molar-refractivity contribution in [3.63, 3.8) is 0 Å². The van der Waals surface area contributed by atoms with Gasteiger partial charge in [0.1, 0.15) is 17.2 Å². The lowest BCUT2D eigenvalue weighted by Crippen LogP contribution is -2.29. The number of phenols is 3. The molecule has 6 heterocycles. The first-order chi connectivity index (χ1) is 24.7. The number of aromatic hydroxyl groups is 3. The third-order valence-corrected chi connectivity index (χ3v) is 11.6. The fraction of sp³-hybridized carbons (Fsp3) is 0.429. The van der Waals surface area contributed by atoms with Crippen LogP contribution in [-0.4, -0.2) is 105 Å². The maximum Gasteiger partial charge on any atom is 0.116 e. The molecule has 6 aromatic rings. The summed E-state index contributed by atoms with van der Waals surface area (Å²) in [5.74, 6) is 2.94. The summed E-state index contributed by atoms with van der Waals surface area (Å²) in [6.45, 7) is 6.98. The summed E-state index contributed by atoms with van der Waals surface area (Å²) < 4.78 is 0. The molecule has 3 aromatic carbocycles. The highest BCUT2D eigenvalue weighted by Crippen LogP contribution is 2.36. The van der Waals surface area contributed by atoms with E-state index in [2.05, 4.69) is 69.4 Å². The Morgan fingerprint density at radius 1 is 0.431 bits per heavy atom. The predicted octanol–water partition coefficient (Wildman–Crippen LogP) is 8.05. The molecular weight excluding hydrogens is 637 g/mol. The Balaban J connectivity index is 0.000000119. The van der Waals surface area contributed by atoms with Gasteiger partial charge in [0.25, 0.3) is 0 Å². The minimum atomic E-state index is 0.353. The molecule has 3 fully saturated rings. The van der Waals surface area contributed by atoms with Crippen LogP contribution >= 0.6 is 0 Å². The van der Waals surface area contributed by atoms with Gasteiger partial charge in [-0.15, -0.1) is 0 Å². The van der Waals surface area contributed by atoms with E-state index < -0.39 is 0 Å². The van der Waals surface area contributed by atoms with Crippen molar-refractivity contribution in [3.8, 4) is 17.2 Å². The SMILES string of the molecule is CN1CCC(c2c[nH]c3ccc(O)cc23)CC1.CN1CCC(c2c[nH]c3ccc(O)cc23)CC1.CN1CCC(c2c[nH]c3ccc(O)cc23)CC1. The highest BCUT2D eigenvalue weighted by atomic mass is 16.3.